The number of nitrogens with zero attached hydrogens (tertiary/aromatic N) is 4. The van der Waals surface area contributed by atoms with E-state index in [1.807, 2.05) is 58.4 Å². The molecule has 2 aromatic rings. The van der Waals surface area contributed by atoms with E-state index in [1.54, 1.807) is 37.6 Å². The summed E-state index contributed by atoms with van der Waals surface area (Å²) in [5, 5.41) is 3.68. The van der Waals surface area contributed by atoms with Crippen LogP contribution in [-0.2, 0) is 23.3 Å². The van der Waals surface area contributed by atoms with Crippen molar-refractivity contribution in [2.75, 3.05) is 31.1 Å². The van der Waals surface area contributed by atoms with Crippen LogP contribution in [0.4, 0.5) is 11.8 Å². The molecular formula is C35H60ClN8O5PS. The summed E-state index contributed by atoms with van der Waals surface area (Å²) >= 11 is 7.47. The summed E-state index contributed by atoms with van der Waals surface area (Å²) < 4.78 is 25.3. The van der Waals surface area contributed by atoms with Gasteiger partial charge < -0.3 is 24.3 Å². The molecule has 1 fully saturated rings. The fourth-order valence-corrected chi connectivity index (χ4v) is 5.66. The third kappa shape index (κ3) is 17.4. The van der Waals surface area contributed by atoms with E-state index in [0.29, 0.717) is 34.2 Å². The average Bonchev–Trinajstić information content (AvgIpc) is 3.65. The summed E-state index contributed by atoms with van der Waals surface area (Å²) in [5.41, 5.74) is 11.4. The Morgan fingerprint density at radius 2 is 1.90 bits per heavy atom. The first-order chi connectivity index (χ1) is 24.5. The number of nitrogen functional groups attached to an aromatic ring is 1. The zero-order chi connectivity index (χ0) is 38.9. The molecule has 1 aliphatic heterocycles. The van der Waals surface area contributed by atoms with Gasteiger partial charge in [-0.15, -0.1) is 6.58 Å². The van der Waals surface area contributed by atoms with Gasteiger partial charge in [0.05, 0.1) is 26.1 Å². The zero-order valence-electron chi connectivity index (χ0n) is 32.3. The van der Waals surface area contributed by atoms with E-state index in [4.69, 9.17) is 35.9 Å². The van der Waals surface area contributed by atoms with E-state index >= 15 is 0 Å². The first-order valence-electron chi connectivity index (χ1n) is 17.0. The van der Waals surface area contributed by atoms with Gasteiger partial charge >= 0.3 is 14.5 Å². The van der Waals surface area contributed by atoms with Gasteiger partial charge in [0.15, 0.2) is 17.0 Å². The minimum atomic E-state index is -1.70. The lowest BCUT2D eigenvalue weighted by Crippen LogP contribution is -2.32. The summed E-state index contributed by atoms with van der Waals surface area (Å²) in [5.74, 6) is 0.951. The fraction of sp³-hybridized carbons (Fsp3) is 0.543. The van der Waals surface area contributed by atoms with Gasteiger partial charge in [-0.05, 0) is 65.5 Å². The van der Waals surface area contributed by atoms with Crippen molar-refractivity contribution in [2.24, 2.45) is 5.92 Å². The van der Waals surface area contributed by atoms with Crippen molar-refractivity contribution in [1.82, 2.24) is 29.4 Å². The second-order valence-corrected chi connectivity index (χ2v) is 12.9. The number of methoxy groups -OCH3 is 1. The van der Waals surface area contributed by atoms with Crippen LogP contribution in [0.2, 0.25) is 0 Å². The maximum absolute atomic E-state index is 12.0. The highest BCUT2D eigenvalue weighted by molar-refractivity contribution is 7.96. The van der Waals surface area contributed by atoms with Gasteiger partial charge in [-0.2, -0.15) is 14.8 Å². The highest BCUT2D eigenvalue weighted by atomic mass is 35.5. The third-order valence-electron chi connectivity index (χ3n) is 6.47. The molecule has 51 heavy (non-hydrogen) atoms. The Morgan fingerprint density at radius 1 is 1.25 bits per heavy atom. The Morgan fingerprint density at radius 3 is 2.49 bits per heavy atom. The largest absolute Gasteiger partial charge is 0.468 e. The molecule has 13 nitrogen and oxygen atoms in total. The number of hydrazine groups is 1. The van der Waals surface area contributed by atoms with E-state index in [2.05, 4.69) is 63.7 Å². The molecule has 1 saturated heterocycles. The second kappa shape index (κ2) is 27.7. The molecule has 288 valence electrons. The number of anilines is 2. The number of carbonyl (C=O) groups excluding carboxylic acids is 1. The highest BCUT2D eigenvalue weighted by Gasteiger charge is 2.36. The van der Waals surface area contributed by atoms with Gasteiger partial charge in [0, 0.05) is 17.4 Å². The topological polar surface area (TPSA) is 160 Å². The molecule has 0 saturated carbocycles. The van der Waals surface area contributed by atoms with Gasteiger partial charge in [0.2, 0.25) is 5.95 Å². The number of hydrogen-bond acceptors (Lipinski definition) is 13. The quantitative estimate of drug-likeness (QED) is 0.0533. The van der Waals surface area contributed by atoms with Crippen molar-refractivity contribution in [3.63, 3.8) is 0 Å². The zero-order valence-corrected chi connectivity index (χ0v) is 34.8. The van der Waals surface area contributed by atoms with Crippen molar-refractivity contribution in [2.45, 2.75) is 100 Å². The molecule has 5 N–H and O–H groups in total. The Labute approximate surface area is 316 Å². The minimum absolute atomic E-state index is 0.118. The van der Waals surface area contributed by atoms with Crippen LogP contribution in [0.1, 0.15) is 88.3 Å². The molecule has 0 bridgehead atoms. The summed E-state index contributed by atoms with van der Waals surface area (Å²) in [6.45, 7) is 23.5. The van der Waals surface area contributed by atoms with Gasteiger partial charge in [-0.25, -0.2) is 10.1 Å². The maximum atomic E-state index is 12.0. The van der Waals surface area contributed by atoms with Gasteiger partial charge in [0.25, 0.3) is 0 Å². The first-order valence-corrected chi connectivity index (χ1v) is 19.8. The Kier molecular flexibility index (Phi) is 26.0. The van der Waals surface area contributed by atoms with E-state index in [9.17, 15) is 4.79 Å². The van der Waals surface area contributed by atoms with Gasteiger partial charge in [0.1, 0.15) is 18.0 Å². The van der Waals surface area contributed by atoms with Crippen LogP contribution >= 0.6 is 32.1 Å². The number of esters is 1. The standard InChI is InChI=1S/C23H32ClN8O5PS.C5H10.C3H6.2C2H6/c1-13-10-17(36-21(13)32-12-26-18-19(29-31-39-4)27-23(25)28-20(18)32)11-35-38(30-14(2)22(33)34-3)37-16-7-5-6-15(24)8-9-16;1-4-5(2)3;1-3-2;2*1-2/h5-6,8-9,12-14,17,21,30-31H,7,10-11H2,1-4H3,(H3,25,27,28,29);4H,1-3H3;3H,1H2,2H3;2*1-2H3. The molecule has 0 spiro atoms. The van der Waals surface area contributed by atoms with Crippen molar-refractivity contribution >= 4 is 61.0 Å². The molecule has 5 atom stereocenters. The predicted molar refractivity (Wildman–Crippen MR) is 216 cm³/mol. The van der Waals surface area contributed by atoms with Crippen molar-refractivity contribution in [3.05, 3.63) is 65.7 Å². The number of rotatable bonds is 12. The van der Waals surface area contributed by atoms with Crippen molar-refractivity contribution in [1.29, 1.82) is 0 Å². The Hall–Kier alpha value is -2.97. The lowest BCUT2D eigenvalue weighted by Gasteiger charge is -2.23. The lowest BCUT2D eigenvalue weighted by molar-refractivity contribution is -0.142. The van der Waals surface area contributed by atoms with E-state index in [0.717, 1.165) is 6.42 Å². The van der Waals surface area contributed by atoms with Gasteiger partial charge in [-0.3, -0.25) is 14.8 Å². The molecule has 2 aromatic heterocycles. The van der Waals surface area contributed by atoms with Crippen LogP contribution in [0.15, 0.2) is 65.7 Å². The highest BCUT2D eigenvalue weighted by Crippen LogP contribution is 2.42. The molecule has 1 aliphatic carbocycles. The number of nitrogens with one attached hydrogen (secondary N) is 3. The number of ether oxygens (including phenoxy) is 2. The predicted octanol–water partition coefficient (Wildman–Crippen LogP) is 9.12. The number of allylic oxidation sites excluding steroid dienone is 8. The molecular weight excluding hydrogens is 711 g/mol. The first kappa shape index (κ1) is 48.0. The van der Waals surface area contributed by atoms with Crippen molar-refractivity contribution in [3.8, 4) is 0 Å². The van der Waals surface area contributed by atoms with Crippen LogP contribution in [0.3, 0.4) is 0 Å². The summed E-state index contributed by atoms with van der Waals surface area (Å²) in [4.78, 5) is 28.1. The van der Waals surface area contributed by atoms with Crippen LogP contribution < -0.4 is 21.1 Å². The molecule has 0 amide bonds. The lowest BCUT2D eigenvalue weighted by atomic mass is 10.1. The monoisotopic (exact) mass is 770 g/mol. The smallest absolute Gasteiger partial charge is 0.323 e. The molecule has 5 unspecified atom stereocenters. The van der Waals surface area contributed by atoms with Crippen LogP contribution in [-0.4, -0.2) is 57.6 Å². The number of aromatic nitrogens is 4. The van der Waals surface area contributed by atoms with Crippen LogP contribution in [0, 0.1) is 5.92 Å². The third-order valence-corrected chi connectivity index (χ3v) is 8.41. The molecule has 4 rings (SSSR count). The number of halogens is 1. The summed E-state index contributed by atoms with van der Waals surface area (Å²) in [6, 6.07) is -0.635. The molecule has 2 aliphatic rings. The SMILES string of the molecule is C=CC.CC.CC.CC=C(C)C.COC(=O)C(C)NP(OCC1CC(C)C(n2cnc3c(NNSC)nc(N)nc32)O1)OC1=CC=C(Cl)C=CC1. The van der Waals surface area contributed by atoms with E-state index in [1.165, 1.54) is 24.6 Å². The normalized spacial score (nSPS) is 18.5. The van der Waals surface area contributed by atoms with Crippen LogP contribution in [0.5, 0.6) is 0 Å². The van der Waals surface area contributed by atoms with Crippen molar-refractivity contribution < 1.29 is 23.3 Å². The number of imidazole rings is 1. The number of fused-ring (bicyclic) bond motifs is 1. The number of carbonyl (C=O) groups is 1. The Balaban J connectivity index is 0.00000183. The van der Waals surface area contributed by atoms with Gasteiger partial charge in [-0.1, -0.05) is 82.0 Å². The Bertz CT molecular complexity index is 1430. The van der Waals surface area contributed by atoms with E-state index < -0.39 is 20.5 Å². The molecule has 0 aromatic carbocycles. The second-order valence-electron chi connectivity index (χ2n) is 10.6. The average molecular weight is 771 g/mol. The molecule has 3 heterocycles. The number of nitrogens with two attached hydrogens (primary N) is 1. The number of hydrogen-bond donors (Lipinski definition) is 4. The maximum Gasteiger partial charge on any atom is 0.323 e. The minimum Gasteiger partial charge on any atom is -0.468 e. The summed E-state index contributed by atoms with van der Waals surface area (Å²) in [7, 11) is -0.365. The fourth-order valence-electron chi connectivity index (χ4n) is 4.06. The van der Waals surface area contributed by atoms with E-state index in [-0.39, 0.29) is 30.8 Å². The molecule has 16 heteroatoms. The van der Waals surface area contributed by atoms with Crippen LogP contribution in [0.25, 0.3) is 11.2 Å². The molecule has 0 radical (unpaired) electrons. The summed E-state index contributed by atoms with van der Waals surface area (Å²) in [6.07, 6.45) is 15.3.